The number of hydrogen-bond donors (Lipinski definition) is 1. The molecule has 0 radical (unpaired) electrons. The first kappa shape index (κ1) is 41.3. The van der Waals surface area contributed by atoms with Crippen LogP contribution in [-0.4, -0.2) is 35.0 Å². The average molecular weight is 647 g/mol. The van der Waals surface area contributed by atoms with Crippen molar-refractivity contribution in [2.75, 3.05) is 0 Å². The first-order valence-electron chi connectivity index (χ1n) is 17.1. The average Bonchev–Trinajstić information content (AvgIpc) is 3.06. The molecular formula is C41H58O6. The molecule has 1 aromatic carbocycles. The van der Waals surface area contributed by atoms with E-state index in [9.17, 15) is 19.5 Å². The van der Waals surface area contributed by atoms with Crippen molar-refractivity contribution in [1.82, 2.24) is 0 Å². The minimum absolute atomic E-state index is 0.0123. The van der Waals surface area contributed by atoms with Crippen molar-refractivity contribution in [1.29, 1.82) is 0 Å². The van der Waals surface area contributed by atoms with Crippen molar-refractivity contribution in [2.24, 2.45) is 23.7 Å². The van der Waals surface area contributed by atoms with E-state index in [1.165, 1.54) is 17.7 Å². The van der Waals surface area contributed by atoms with Crippen LogP contribution in [0.4, 0.5) is 0 Å². The summed E-state index contributed by atoms with van der Waals surface area (Å²) in [6, 6.07) is 9.50. The molecule has 6 unspecified atom stereocenters. The van der Waals surface area contributed by atoms with Crippen molar-refractivity contribution in [2.45, 2.75) is 107 Å². The highest BCUT2D eigenvalue weighted by Gasteiger charge is 2.29. The van der Waals surface area contributed by atoms with Gasteiger partial charge in [-0.1, -0.05) is 132 Å². The van der Waals surface area contributed by atoms with Crippen LogP contribution >= 0.6 is 0 Å². The summed E-state index contributed by atoms with van der Waals surface area (Å²) in [6.07, 6.45) is 19.2. The van der Waals surface area contributed by atoms with E-state index in [2.05, 4.69) is 19.1 Å². The van der Waals surface area contributed by atoms with Gasteiger partial charge in [-0.2, -0.15) is 0 Å². The van der Waals surface area contributed by atoms with Crippen LogP contribution in [0.5, 0.6) is 0 Å². The number of ether oxygens (including phenoxy) is 2. The molecule has 258 valence electrons. The first-order valence-corrected chi connectivity index (χ1v) is 17.1. The van der Waals surface area contributed by atoms with E-state index < -0.39 is 18.0 Å². The van der Waals surface area contributed by atoms with Crippen molar-refractivity contribution in [3.63, 3.8) is 0 Å². The molecule has 1 aliphatic rings. The van der Waals surface area contributed by atoms with E-state index in [4.69, 9.17) is 9.47 Å². The van der Waals surface area contributed by atoms with Crippen LogP contribution in [0.1, 0.15) is 93.6 Å². The van der Waals surface area contributed by atoms with Crippen molar-refractivity contribution < 1.29 is 29.0 Å². The highest BCUT2D eigenvalue weighted by molar-refractivity contribution is 5.85. The summed E-state index contributed by atoms with van der Waals surface area (Å²) < 4.78 is 10.7. The van der Waals surface area contributed by atoms with Crippen LogP contribution in [0.2, 0.25) is 0 Å². The number of benzene rings is 1. The van der Waals surface area contributed by atoms with Crippen molar-refractivity contribution >= 4 is 17.7 Å². The predicted octanol–water partition coefficient (Wildman–Crippen LogP) is 9.22. The third-order valence-electron chi connectivity index (χ3n) is 8.07. The van der Waals surface area contributed by atoms with Gasteiger partial charge in [0.05, 0.1) is 6.10 Å². The Morgan fingerprint density at radius 2 is 1.72 bits per heavy atom. The highest BCUT2D eigenvalue weighted by Crippen LogP contribution is 2.24. The lowest BCUT2D eigenvalue weighted by atomic mass is 9.83. The Morgan fingerprint density at radius 1 is 1.04 bits per heavy atom. The second-order valence-corrected chi connectivity index (χ2v) is 12.2. The summed E-state index contributed by atoms with van der Waals surface area (Å²) in [6.45, 7) is 17.7. The zero-order valence-corrected chi connectivity index (χ0v) is 30.1. The fraction of sp³-hybridized carbons (Fsp3) is 0.488. The summed E-state index contributed by atoms with van der Waals surface area (Å²) >= 11 is 0. The van der Waals surface area contributed by atoms with Crippen molar-refractivity contribution in [3.8, 4) is 0 Å². The number of unbranched alkanes of at least 4 members (excludes halogenated alkanes) is 1. The maximum Gasteiger partial charge on any atom is 0.331 e. The molecule has 0 fully saturated rings. The first-order chi connectivity index (χ1) is 22.4. The number of hydrogen-bond acceptors (Lipinski definition) is 6. The maximum absolute atomic E-state index is 13.1. The number of carbonyl (C=O) groups excluding carboxylic acids is 3. The van der Waals surface area contributed by atoms with E-state index in [1.807, 2.05) is 109 Å². The van der Waals surface area contributed by atoms with Crippen molar-refractivity contribution in [3.05, 3.63) is 107 Å². The van der Waals surface area contributed by atoms with Gasteiger partial charge in [0.2, 0.25) is 0 Å². The number of carbonyl (C=O) groups is 3. The summed E-state index contributed by atoms with van der Waals surface area (Å²) in [7, 11) is 0. The molecule has 6 atom stereocenters. The van der Waals surface area contributed by atoms with E-state index in [0.29, 0.717) is 6.42 Å². The fourth-order valence-electron chi connectivity index (χ4n) is 5.28. The molecule has 0 spiro atoms. The van der Waals surface area contributed by atoms with Gasteiger partial charge in [-0.3, -0.25) is 4.79 Å². The van der Waals surface area contributed by atoms with Crippen LogP contribution in [-0.2, 0) is 30.5 Å². The standard InChI is InChI=1S/C39H52O6.C2H6/c1-8-33(20-21-35-29(4)19-22-36(40)45-35)16-12-9-11-15-27(2)23-30(5)38(42)32(7)39(43)31(6)24-28(3)25-37(41)44-26-34-17-13-10-14-18-34;1-2/h10-11,13-23,25,29-32,35,39,43H,8-9,12,24,26H2,1-7H3;1-2H3/b15-11+,21-20+,27-23+,28-25+,33-16-;. The molecule has 6 nitrogen and oxygen atoms in total. The zero-order chi connectivity index (χ0) is 35.4. The largest absolute Gasteiger partial charge is 0.458 e. The number of esters is 2. The molecule has 0 bridgehead atoms. The van der Waals surface area contributed by atoms with Gasteiger partial charge in [0.1, 0.15) is 18.5 Å². The lowest BCUT2D eigenvalue weighted by Crippen LogP contribution is -2.34. The molecule has 1 heterocycles. The summed E-state index contributed by atoms with van der Waals surface area (Å²) in [5.74, 6) is -1.64. The summed E-state index contributed by atoms with van der Waals surface area (Å²) in [5.41, 5.74) is 3.91. The summed E-state index contributed by atoms with van der Waals surface area (Å²) in [5, 5.41) is 10.9. The van der Waals surface area contributed by atoms with Crippen LogP contribution in [0.3, 0.4) is 0 Å². The van der Waals surface area contributed by atoms with Crippen LogP contribution in [0, 0.1) is 23.7 Å². The zero-order valence-electron chi connectivity index (χ0n) is 30.1. The van der Waals surface area contributed by atoms with Gasteiger partial charge in [0, 0.05) is 29.9 Å². The molecular weight excluding hydrogens is 588 g/mol. The fourth-order valence-corrected chi connectivity index (χ4v) is 5.28. The maximum atomic E-state index is 13.1. The monoisotopic (exact) mass is 646 g/mol. The van der Waals surface area contributed by atoms with Gasteiger partial charge < -0.3 is 14.6 Å². The Balaban J connectivity index is 0.00000541. The summed E-state index contributed by atoms with van der Waals surface area (Å²) in [4.78, 5) is 36.9. The third-order valence-corrected chi connectivity index (χ3v) is 8.07. The Kier molecular flexibility index (Phi) is 19.9. The molecule has 1 aromatic rings. The number of allylic oxidation sites excluding steroid dienone is 8. The van der Waals surface area contributed by atoms with E-state index in [0.717, 1.165) is 36.0 Å². The molecule has 1 N–H and O–H groups in total. The van der Waals surface area contributed by atoms with E-state index in [1.54, 1.807) is 6.92 Å². The van der Waals surface area contributed by atoms with Gasteiger partial charge in [0.15, 0.2) is 0 Å². The van der Waals surface area contributed by atoms with Gasteiger partial charge in [0.25, 0.3) is 0 Å². The Morgan fingerprint density at radius 3 is 2.38 bits per heavy atom. The second kappa shape index (κ2) is 22.7. The SMILES string of the molecule is CC.CCC(=C/CC/C=C/C(C)=C/C(C)C(=O)C(C)C(O)C(C)C/C(C)=C/C(=O)OCc1ccccc1)/C=C/C1OC(=O)C=CC1C. The number of aliphatic hydroxyl groups excluding tert-OH is 1. The topological polar surface area (TPSA) is 89.9 Å². The second-order valence-electron chi connectivity index (χ2n) is 12.2. The molecule has 0 aromatic heterocycles. The lowest BCUT2D eigenvalue weighted by molar-refractivity contribution is -0.143. The molecule has 0 saturated heterocycles. The van der Waals surface area contributed by atoms with Gasteiger partial charge in [-0.05, 0) is 57.1 Å². The number of cyclic esters (lactones) is 1. The van der Waals surface area contributed by atoms with E-state index in [-0.39, 0.29) is 42.2 Å². The highest BCUT2D eigenvalue weighted by atomic mass is 16.5. The molecule has 0 aliphatic carbocycles. The quantitative estimate of drug-likeness (QED) is 0.0786. The minimum atomic E-state index is -0.827. The van der Waals surface area contributed by atoms with Gasteiger partial charge in [-0.15, -0.1) is 0 Å². The van der Waals surface area contributed by atoms with Crippen LogP contribution in [0.25, 0.3) is 0 Å². The number of rotatable bonds is 17. The predicted molar refractivity (Wildman–Crippen MR) is 192 cm³/mol. The van der Waals surface area contributed by atoms with Crippen LogP contribution < -0.4 is 0 Å². The smallest absolute Gasteiger partial charge is 0.331 e. The molecule has 0 saturated carbocycles. The molecule has 6 heteroatoms. The molecule has 2 rings (SSSR count). The molecule has 47 heavy (non-hydrogen) atoms. The third kappa shape index (κ3) is 16.1. The Bertz CT molecular complexity index is 1300. The number of ketones is 1. The van der Waals surface area contributed by atoms with E-state index >= 15 is 0 Å². The molecule has 0 amide bonds. The van der Waals surface area contributed by atoms with Gasteiger partial charge in [-0.25, -0.2) is 9.59 Å². The lowest BCUT2D eigenvalue weighted by Gasteiger charge is -2.25. The Hall–Kier alpha value is -3.77. The van der Waals surface area contributed by atoms with Gasteiger partial charge >= 0.3 is 11.9 Å². The molecule has 1 aliphatic heterocycles. The Labute approximate surface area is 284 Å². The number of Topliss-reactive ketones (excluding diaryl/α,β-unsaturated/α-hetero) is 1. The number of aliphatic hydroxyl groups is 1. The van der Waals surface area contributed by atoms with Crippen LogP contribution in [0.15, 0.2) is 102 Å². The minimum Gasteiger partial charge on any atom is -0.458 e. The normalized spacial score (nSPS) is 19.9.